The van der Waals surface area contributed by atoms with Gasteiger partial charge in [-0.3, -0.25) is 4.79 Å². The van der Waals surface area contributed by atoms with Gasteiger partial charge in [-0.2, -0.15) is 0 Å². The second-order valence-corrected chi connectivity index (χ2v) is 6.59. The van der Waals surface area contributed by atoms with E-state index in [9.17, 15) is 14.4 Å². The smallest absolute Gasteiger partial charge is 0.338 e. The van der Waals surface area contributed by atoms with Gasteiger partial charge in [0.15, 0.2) is 0 Å². The van der Waals surface area contributed by atoms with Crippen molar-refractivity contribution in [2.24, 2.45) is 5.92 Å². The van der Waals surface area contributed by atoms with Crippen molar-refractivity contribution in [2.75, 3.05) is 18.4 Å². The number of halogens is 1. The Bertz CT molecular complexity index is 669. The number of carbonyl (C=O) groups is 3. The van der Waals surface area contributed by atoms with Crippen LogP contribution in [0.3, 0.4) is 0 Å². The monoisotopic (exact) mass is 368 g/mol. The van der Waals surface area contributed by atoms with Gasteiger partial charge in [0.05, 0.1) is 28.3 Å². The summed E-state index contributed by atoms with van der Waals surface area (Å²) >= 11 is 6.09. The van der Waals surface area contributed by atoms with Crippen LogP contribution < -0.4 is 5.32 Å². The number of urea groups is 1. The lowest BCUT2D eigenvalue weighted by Crippen LogP contribution is -2.42. The average Bonchev–Trinajstić information content (AvgIpc) is 2.56. The van der Waals surface area contributed by atoms with Crippen LogP contribution in [0.4, 0.5) is 10.5 Å². The van der Waals surface area contributed by atoms with Crippen LogP contribution in [-0.2, 0) is 9.53 Å². The van der Waals surface area contributed by atoms with Gasteiger partial charge in [0, 0.05) is 13.1 Å². The molecule has 2 amide bonds. The van der Waals surface area contributed by atoms with E-state index in [-0.39, 0.29) is 17.7 Å². The fourth-order valence-electron chi connectivity index (χ4n) is 2.55. The van der Waals surface area contributed by atoms with Gasteiger partial charge >= 0.3 is 18.0 Å². The summed E-state index contributed by atoms with van der Waals surface area (Å²) in [4.78, 5) is 36.8. The van der Waals surface area contributed by atoms with E-state index in [4.69, 9.17) is 21.4 Å². The van der Waals surface area contributed by atoms with Crippen LogP contribution in [0, 0.1) is 5.92 Å². The molecule has 2 rings (SSSR count). The summed E-state index contributed by atoms with van der Waals surface area (Å²) in [5.41, 5.74) is 0.600. The van der Waals surface area contributed by atoms with Crippen molar-refractivity contribution < 1.29 is 24.2 Å². The topological polar surface area (TPSA) is 95.9 Å². The van der Waals surface area contributed by atoms with Crippen LogP contribution in [0.25, 0.3) is 0 Å². The molecule has 0 unspecified atom stereocenters. The quantitative estimate of drug-likeness (QED) is 0.795. The second kappa shape index (κ2) is 8.20. The van der Waals surface area contributed by atoms with Crippen LogP contribution in [0.1, 0.15) is 37.0 Å². The Hall–Kier alpha value is -2.28. The van der Waals surface area contributed by atoms with Gasteiger partial charge in [-0.15, -0.1) is 0 Å². The average molecular weight is 369 g/mol. The first-order valence-corrected chi connectivity index (χ1v) is 8.45. The third kappa shape index (κ3) is 5.09. The lowest BCUT2D eigenvalue weighted by Gasteiger charge is -2.30. The third-order valence-electron chi connectivity index (χ3n) is 3.92. The summed E-state index contributed by atoms with van der Waals surface area (Å²) in [5.74, 6) is -1.74. The number of piperidine rings is 1. The number of benzene rings is 1. The summed E-state index contributed by atoms with van der Waals surface area (Å²) in [7, 11) is 0. The van der Waals surface area contributed by atoms with E-state index in [1.54, 1.807) is 13.8 Å². The predicted octanol–water partition coefficient (Wildman–Crippen LogP) is 3.23. The van der Waals surface area contributed by atoms with Crippen molar-refractivity contribution in [2.45, 2.75) is 32.8 Å². The molecule has 0 aliphatic carbocycles. The normalized spacial score (nSPS) is 15.1. The highest BCUT2D eigenvalue weighted by molar-refractivity contribution is 6.33. The molecule has 0 radical (unpaired) electrons. The first kappa shape index (κ1) is 19.1. The molecule has 1 heterocycles. The van der Waals surface area contributed by atoms with E-state index in [0.717, 1.165) is 0 Å². The molecule has 136 valence electrons. The highest BCUT2D eigenvalue weighted by Gasteiger charge is 2.27. The molecule has 1 aromatic carbocycles. The minimum atomic E-state index is -0.834. The fourth-order valence-corrected chi connectivity index (χ4v) is 2.72. The van der Waals surface area contributed by atoms with Crippen molar-refractivity contribution in [3.8, 4) is 0 Å². The summed E-state index contributed by atoms with van der Waals surface area (Å²) < 4.78 is 5.13. The standard InChI is InChI=1S/C17H21ClN2O5/c1-10(2)25-16(23)12-3-4-13(18)14(9-12)19-17(24)20-7-5-11(6-8-20)15(21)22/h3-4,9-11H,5-8H2,1-2H3,(H,19,24)(H,21,22). The molecule has 0 saturated carbocycles. The molecule has 1 aliphatic heterocycles. The Balaban J connectivity index is 2.03. The van der Waals surface area contributed by atoms with Crippen molar-refractivity contribution in [1.29, 1.82) is 0 Å². The number of hydrogen-bond donors (Lipinski definition) is 2. The van der Waals surface area contributed by atoms with Gasteiger partial charge in [0.1, 0.15) is 0 Å². The third-order valence-corrected chi connectivity index (χ3v) is 4.25. The number of nitrogens with one attached hydrogen (secondary N) is 1. The maximum atomic E-state index is 12.3. The Morgan fingerprint density at radius 2 is 1.92 bits per heavy atom. The molecule has 1 fully saturated rings. The first-order valence-electron chi connectivity index (χ1n) is 8.07. The number of ether oxygens (including phenoxy) is 1. The molecule has 2 N–H and O–H groups in total. The van der Waals surface area contributed by atoms with Gasteiger partial charge in [0.2, 0.25) is 0 Å². The van der Waals surface area contributed by atoms with E-state index in [1.165, 1.54) is 23.1 Å². The first-order chi connectivity index (χ1) is 11.8. The molecule has 1 aromatic rings. The largest absolute Gasteiger partial charge is 0.481 e. The maximum absolute atomic E-state index is 12.3. The number of hydrogen-bond acceptors (Lipinski definition) is 4. The van der Waals surface area contributed by atoms with Crippen LogP contribution in [0.5, 0.6) is 0 Å². The van der Waals surface area contributed by atoms with E-state index < -0.39 is 17.9 Å². The van der Waals surface area contributed by atoms with Crippen LogP contribution in [0.2, 0.25) is 5.02 Å². The van der Waals surface area contributed by atoms with E-state index in [2.05, 4.69) is 5.32 Å². The minimum Gasteiger partial charge on any atom is -0.481 e. The minimum absolute atomic E-state index is 0.253. The number of anilines is 1. The summed E-state index contributed by atoms with van der Waals surface area (Å²) in [6, 6.07) is 4.14. The lowest BCUT2D eigenvalue weighted by atomic mass is 9.97. The van der Waals surface area contributed by atoms with E-state index in [1.807, 2.05) is 0 Å². The van der Waals surface area contributed by atoms with Crippen LogP contribution in [0.15, 0.2) is 18.2 Å². The second-order valence-electron chi connectivity index (χ2n) is 6.18. The zero-order valence-corrected chi connectivity index (χ0v) is 14.9. The summed E-state index contributed by atoms with van der Waals surface area (Å²) in [6.45, 7) is 4.21. The molecule has 25 heavy (non-hydrogen) atoms. The van der Waals surface area contributed by atoms with Crippen molar-refractivity contribution >= 4 is 35.3 Å². The summed E-state index contributed by atoms with van der Waals surface area (Å²) in [6.07, 6.45) is 0.575. The highest BCUT2D eigenvalue weighted by Crippen LogP contribution is 2.25. The SMILES string of the molecule is CC(C)OC(=O)c1ccc(Cl)c(NC(=O)N2CCC(C(=O)O)CC2)c1. The maximum Gasteiger partial charge on any atom is 0.338 e. The van der Waals surface area contributed by atoms with E-state index in [0.29, 0.717) is 36.6 Å². The molecule has 0 spiro atoms. The van der Waals surface area contributed by atoms with Gasteiger partial charge in [-0.05, 0) is 44.9 Å². The number of esters is 1. The van der Waals surface area contributed by atoms with Crippen molar-refractivity contribution in [3.05, 3.63) is 28.8 Å². The van der Waals surface area contributed by atoms with Gasteiger partial charge in [0.25, 0.3) is 0 Å². The molecule has 8 heteroatoms. The fraction of sp³-hybridized carbons (Fsp3) is 0.471. The Kier molecular flexibility index (Phi) is 6.25. The number of amides is 2. The number of nitrogens with zero attached hydrogens (tertiary/aromatic N) is 1. The Morgan fingerprint density at radius 3 is 2.48 bits per heavy atom. The highest BCUT2D eigenvalue weighted by atomic mass is 35.5. The lowest BCUT2D eigenvalue weighted by molar-refractivity contribution is -0.143. The number of carboxylic acid groups (broad SMARTS) is 1. The molecule has 1 saturated heterocycles. The van der Waals surface area contributed by atoms with Crippen LogP contribution in [-0.4, -0.2) is 47.2 Å². The van der Waals surface area contributed by atoms with E-state index >= 15 is 0 Å². The zero-order valence-electron chi connectivity index (χ0n) is 14.1. The molecular formula is C17H21ClN2O5. The molecule has 0 bridgehead atoms. The number of carboxylic acids is 1. The number of aliphatic carboxylic acids is 1. The number of carbonyl (C=O) groups excluding carboxylic acids is 2. The predicted molar refractivity (Wildman–Crippen MR) is 93.0 cm³/mol. The molecule has 0 aromatic heterocycles. The van der Waals surface area contributed by atoms with Crippen molar-refractivity contribution in [3.63, 3.8) is 0 Å². The summed E-state index contributed by atoms with van der Waals surface area (Å²) in [5, 5.41) is 12.0. The molecule has 0 atom stereocenters. The van der Waals surface area contributed by atoms with Crippen LogP contribution >= 0.6 is 11.6 Å². The Morgan fingerprint density at radius 1 is 1.28 bits per heavy atom. The number of rotatable bonds is 4. The van der Waals surface area contributed by atoms with Crippen molar-refractivity contribution in [1.82, 2.24) is 4.90 Å². The van der Waals surface area contributed by atoms with Gasteiger partial charge in [-0.1, -0.05) is 11.6 Å². The number of likely N-dealkylation sites (tertiary alicyclic amines) is 1. The molecular weight excluding hydrogens is 348 g/mol. The zero-order chi connectivity index (χ0) is 18.6. The Labute approximate surface area is 150 Å². The molecule has 7 nitrogen and oxygen atoms in total. The molecule has 1 aliphatic rings. The van der Waals surface area contributed by atoms with Gasteiger partial charge in [-0.25, -0.2) is 9.59 Å². The van der Waals surface area contributed by atoms with Gasteiger partial charge < -0.3 is 20.1 Å².